The van der Waals surface area contributed by atoms with Gasteiger partial charge in [-0.1, -0.05) is 12.1 Å². The van der Waals surface area contributed by atoms with Crippen molar-refractivity contribution in [3.63, 3.8) is 0 Å². The fourth-order valence-corrected chi connectivity index (χ4v) is 3.54. The summed E-state index contributed by atoms with van der Waals surface area (Å²) in [6.07, 6.45) is 2.30. The smallest absolute Gasteiger partial charge is 0.255 e. The van der Waals surface area contributed by atoms with Gasteiger partial charge in [-0.2, -0.15) is 0 Å². The lowest BCUT2D eigenvalue weighted by molar-refractivity contribution is -0.117. The van der Waals surface area contributed by atoms with Crippen LogP contribution in [0.2, 0.25) is 0 Å². The Balaban J connectivity index is 1.67. The molecule has 0 saturated heterocycles. The Labute approximate surface area is 135 Å². The topological polar surface area (TPSA) is 49.4 Å². The zero-order valence-electron chi connectivity index (χ0n) is 13.1. The van der Waals surface area contributed by atoms with Gasteiger partial charge >= 0.3 is 0 Å². The van der Waals surface area contributed by atoms with Crippen LogP contribution in [0.5, 0.6) is 0 Å². The van der Waals surface area contributed by atoms with Crippen LogP contribution >= 0.6 is 0 Å². The summed E-state index contributed by atoms with van der Waals surface area (Å²) in [7, 11) is 0. The van der Waals surface area contributed by atoms with Gasteiger partial charge in [0.2, 0.25) is 5.91 Å². The van der Waals surface area contributed by atoms with E-state index in [1.165, 1.54) is 0 Å². The molecule has 4 nitrogen and oxygen atoms in total. The van der Waals surface area contributed by atoms with E-state index in [1.54, 1.807) is 0 Å². The Kier molecular flexibility index (Phi) is 3.18. The van der Waals surface area contributed by atoms with Crippen LogP contribution in [0, 0.1) is 6.92 Å². The van der Waals surface area contributed by atoms with Gasteiger partial charge in [0.1, 0.15) is 0 Å². The van der Waals surface area contributed by atoms with E-state index < -0.39 is 0 Å². The number of hydrogen-bond acceptors (Lipinski definition) is 2. The summed E-state index contributed by atoms with van der Waals surface area (Å²) in [5.41, 5.74) is 5.69. The lowest BCUT2D eigenvalue weighted by atomic mass is 9.96. The van der Waals surface area contributed by atoms with E-state index in [4.69, 9.17) is 0 Å². The number of aryl methyl sites for hydroxylation is 2. The zero-order chi connectivity index (χ0) is 16.0. The number of anilines is 2. The molecule has 4 heteroatoms. The molecule has 2 aromatic rings. The molecule has 2 heterocycles. The maximum absolute atomic E-state index is 12.6. The van der Waals surface area contributed by atoms with E-state index in [0.29, 0.717) is 12.0 Å². The van der Waals surface area contributed by atoms with Crippen LogP contribution in [0.25, 0.3) is 0 Å². The van der Waals surface area contributed by atoms with Gasteiger partial charge < -0.3 is 10.2 Å². The fourth-order valence-electron chi connectivity index (χ4n) is 3.54. The molecule has 2 amide bonds. The Morgan fingerprint density at radius 3 is 2.83 bits per heavy atom. The molecule has 0 unspecified atom stereocenters. The van der Waals surface area contributed by atoms with E-state index in [9.17, 15) is 9.59 Å². The number of hydrogen-bond donors (Lipinski definition) is 1. The molecule has 0 radical (unpaired) electrons. The van der Waals surface area contributed by atoms with Crippen LogP contribution in [0.1, 0.15) is 33.5 Å². The molecule has 2 aliphatic heterocycles. The molecule has 0 atom stereocenters. The highest BCUT2D eigenvalue weighted by molar-refractivity contribution is 6.08. The average Bonchev–Trinajstić information content (AvgIpc) is 2.85. The van der Waals surface area contributed by atoms with Crippen molar-refractivity contribution in [3.8, 4) is 0 Å². The summed E-state index contributed by atoms with van der Waals surface area (Å²) in [5, 5.41) is 2.94. The first-order chi connectivity index (χ1) is 11.1. The number of rotatable bonds is 2. The summed E-state index contributed by atoms with van der Waals surface area (Å²) in [6.45, 7) is 2.79. The van der Waals surface area contributed by atoms with Crippen molar-refractivity contribution in [2.75, 3.05) is 16.8 Å². The Hall–Kier alpha value is -2.62. The van der Waals surface area contributed by atoms with E-state index in [-0.39, 0.29) is 11.8 Å². The maximum Gasteiger partial charge on any atom is 0.255 e. The normalized spacial score (nSPS) is 15.5. The van der Waals surface area contributed by atoms with Gasteiger partial charge in [-0.15, -0.1) is 0 Å². The summed E-state index contributed by atoms with van der Waals surface area (Å²) >= 11 is 0. The van der Waals surface area contributed by atoms with Gasteiger partial charge in [-0.05, 0) is 60.7 Å². The van der Waals surface area contributed by atoms with Crippen molar-refractivity contribution in [3.05, 3.63) is 58.7 Å². The highest BCUT2D eigenvalue weighted by atomic mass is 16.2. The van der Waals surface area contributed by atoms with Gasteiger partial charge in [-0.3, -0.25) is 9.59 Å². The summed E-state index contributed by atoms with van der Waals surface area (Å²) < 4.78 is 0. The molecule has 0 fully saturated rings. The molecule has 0 aromatic heterocycles. The molecule has 0 bridgehead atoms. The largest absolute Gasteiger partial charge is 0.322 e. The Morgan fingerprint density at radius 2 is 2.00 bits per heavy atom. The standard InChI is InChI=1S/C19H18N2O2/c1-12-4-2-6-16(8-12)20-19(23)15-9-13-5-3-7-21-17(22)11-14(10-15)18(13)21/h2,4,6,8-10H,3,5,7,11H2,1H3,(H,20,23). The van der Waals surface area contributed by atoms with Crippen molar-refractivity contribution in [2.45, 2.75) is 26.2 Å². The highest BCUT2D eigenvalue weighted by Crippen LogP contribution is 2.37. The van der Waals surface area contributed by atoms with Crippen LogP contribution in [-0.4, -0.2) is 18.4 Å². The molecule has 0 spiro atoms. The Bertz CT molecular complexity index is 826. The minimum Gasteiger partial charge on any atom is -0.322 e. The van der Waals surface area contributed by atoms with Crippen molar-refractivity contribution in [1.29, 1.82) is 0 Å². The molecule has 2 aromatic carbocycles. The monoisotopic (exact) mass is 306 g/mol. The van der Waals surface area contributed by atoms with Gasteiger partial charge in [0.25, 0.3) is 5.91 Å². The SMILES string of the molecule is Cc1cccc(NC(=O)c2cc3c4c(c2)CC(=O)N4CCC3)c1. The lowest BCUT2D eigenvalue weighted by Gasteiger charge is -2.25. The Morgan fingerprint density at radius 1 is 1.17 bits per heavy atom. The van der Waals surface area contributed by atoms with Crippen LogP contribution in [0.4, 0.5) is 11.4 Å². The van der Waals surface area contributed by atoms with E-state index in [1.807, 2.05) is 48.2 Å². The molecule has 1 N–H and O–H groups in total. The lowest BCUT2D eigenvalue weighted by Crippen LogP contribution is -2.31. The highest BCUT2D eigenvalue weighted by Gasteiger charge is 2.32. The molecule has 116 valence electrons. The first-order valence-corrected chi connectivity index (χ1v) is 7.96. The van der Waals surface area contributed by atoms with Crippen molar-refractivity contribution < 1.29 is 9.59 Å². The second kappa shape index (κ2) is 5.23. The third kappa shape index (κ3) is 2.40. The molecular formula is C19H18N2O2. The predicted molar refractivity (Wildman–Crippen MR) is 90.0 cm³/mol. The fraction of sp³-hybridized carbons (Fsp3) is 0.263. The van der Waals surface area contributed by atoms with Crippen molar-refractivity contribution >= 4 is 23.2 Å². The third-order valence-electron chi connectivity index (χ3n) is 4.55. The molecule has 4 rings (SSSR count). The number of carbonyl (C=O) groups is 2. The summed E-state index contributed by atoms with van der Waals surface area (Å²) in [6, 6.07) is 11.6. The second-order valence-electron chi connectivity index (χ2n) is 6.29. The van der Waals surface area contributed by atoms with E-state index >= 15 is 0 Å². The number of carbonyl (C=O) groups excluding carboxylic acids is 2. The van der Waals surface area contributed by atoms with Crippen molar-refractivity contribution in [1.82, 2.24) is 0 Å². The van der Waals surface area contributed by atoms with Gasteiger partial charge in [-0.25, -0.2) is 0 Å². The van der Waals surface area contributed by atoms with Crippen molar-refractivity contribution in [2.24, 2.45) is 0 Å². The average molecular weight is 306 g/mol. The van der Waals surface area contributed by atoms with Gasteiger partial charge in [0.15, 0.2) is 0 Å². The quantitative estimate of drug-likeness (QED) is 0.927. The molecule has 2 aliphatic rings. The van der Waals surface area contributed by atoms with Crippen LogP contribution in [0.15, 0.2) is 36.4 Å². The number of nitrogens with zero attached hydrogens (tertiary/aromatic N) is 1. The van der Waals surface area contributed by atoms with Crippen LogP contribution < -0.4 is 10.2 Å². The molecule has 0 saturated carbocycles. The number of nitrogens with one attached hydrogen (secondary N) is 1. The van der Waals surface area contributed by atoms with E-state index in [0.717, 1.165) is 47.5 Å². The first-order valence-electron chi connectivity index (χ1n) is 7.96. The van der Waals surface area contributed by atoms with E-state index in [2.05, 4.69) is 5.32 Å². The second-order valence-corrected chi connectivity index (χ2v) is 6.29. The molecule has 0 aliphatic carbocycles. The molecular weight excluding hydrogens is 288 g/mol. The number of benzene rings is 2. The van der Waals surface area contributed by atoms with Gasteiger partial charge in [0.05, 0.1) is 12.1 Å². The molecule has 23 heavy (non-hydrogen) atoms. The van der Waals surface area contributed by atoms with Crippen LogP contribution in [0.3, 0.4) is 0 Å². The zero-order valence-corrected chi connectivity index (χ0v) is 13.1. The minimum atomic E-state index is -0.119. The summed E-state index contributed by atoms with van der Waals surface area (Å²) in [4.78, 5) is 26.5. The third-order valence-corrected chi connectivity index (χ3v) is 4.55. The van der Waals surface area contributed by atoms with Gasteiger partial charge in [0, 0.05) is 17.8 Å². The summed E-state index contributed by atoms with van der Waals surface area (Å²) in [5.74, 6) is 0.0308. The van der Waals surface area contributed by atoms with Crippen LogP contribution in [-0.2, 0) is 17.6 Å². The predicted octanol–water partition coefficient (Wildman–Crippen LogP) is 3.08. The first kappa shape index (κ1) is 14.0. The number of amides is 2. The maximum atomic E-state index is 12.6. The minimum absolute atomic E-state index is 0.119.